The van der Waals surface area contributed by atoms with Crippen molar-refractivity contribution in [1.29, 1.82) is 0 Å². The fourth-order valence-electron chi connectivity index (χ4n) is 2.52. The Bertz CT molecular complexity index is 984. The molecule has 1 amide bonds. The maximum atomic E-state index is 12.5. The number of nitrogens with one attached hydrogen (secondary N) is 1. The molecule has 1 aromatic heterocycles. The minimum absolute atomic E-state index is 0.256. The van der Waals surface area contributed by atoms with Crippen molar-refractivity contribution in [3.63, 3.8) is 0 Å². The predicted molar refractivity (Wildman–Crippen MR) is 104 cm³/mol. The van der Waals surface area contributed by atoms with Gasteiger partial charge in [0.2, 0.25) is 5.82 Å². The van der Waals surface area contributed by atoms with E-state index in [1.165, 1.54) is 5.56 Å². The predicted octanol–water partition coefficient (Wildman–Crippen LogP) is 4.72. The van der Waals surface area contributed by atoms with E-state index in [-0.39, 0.29) is 11.7 Å². The highest BCUT2D eigenvalue weighted by Crippen LogP contribution is 2.27. The highest BCUT2D eigenvalue weighted by molar-refractivity contribution is 6.31. The molecule has 0 aliphatic heterocycles. The number of amides is 1. The molecule has 0 saturated carbocycles. The van der Waals surface area contributed by atoms with Crippen molar-refractivity contribution >= 4 is 23.3 Å². The Morgan fingerprint density at radius 2 is 1.85 bits per heavy atom. The Morgan fingerprint density at radius 1 is 1.07 bits per heavy atom. The normalized spacial score (nSPS) is 11.9. The molecule has 6 nitrogen and oxygen atoms in total. The molecule has 0 aliphatic carbocycles. The zero-order chi connectivity index (χ0) is 19.6. The van der Waals surface area contributed by atoms with Gasteiger partial charge in [0.05, 0.1) is 0 Å². The van der Waals surface area contributed by atoms with E-state index < -0.39 is 6.10 Å². The lowest BCUT2D eigenvalue weighted by molar-refractivity contribution is -0.122. The van der Waals surface area contributed by atoms with Crippen LogP contribution in [0.1, 0.15) is 23.6 Å². The second kappa shape index (κ2) is 7.80. The van der Waals surface area contributed by atoms with Crippen LogP contribution in [-0.2, 0) is 4.79 Å². The molecule has 1 atom stereocenters. The monoisotopic (exact) mass is 385 g/mol. The summed E-state index contributed by atoms with van der Waals surface area (Å²) in [6.45, 7) is 7.56. The standard InChI is InChI=1S/C20H20ClN3O3/c1-11-5-6-15(9-12(11)2)18-19(24-27-23-18)22-20(25)14(4)26-16-7-8-17(21)13(3)10-16/h5-10,14H,1-4H3,(H,22,24,25). The Kier molecular flexibility index (Phi) is 5.46. The first-order chi connectivity index (χ1) is 12.8. The Labute approximate surface area is 162 Å². The smallest absolute Gasteiger partial charge is 0.266 e. The number of anilines is 1. The highest BCUT2D eigenvalue weighted by Gasteiger charge is 2.20. The van der Waals surface area contributed by atoms with Crippen molar-refractivity contribution in [1.82, 2.24) is 10.3 Å². The van der Waals surface area contributed by atoms with Gasteiger partial charge in [-0.05, 0) is 79.0 Å². The molecule has 27 heavy (non-hydrogen) atoms. The number of benzene rings is 2. The van der Waals surface area contributed by atoms with E-state index >= 15 is 0 Å². The molecular formula is C20H20ClN3O3. The van der Waals surface area contributed by atoms with E-state index in [0.29, 0.717) is 16.5 Å². The van der Waals surface area contributed by atoms with Gasteiger partial charge in [0.25, 0.3) is 5.91 Å². The van der Waals surface area contributed by atoms with Gasteiger partial charge >= 0.3 is 0 Å². The molecule has 0 spiro atoms. The van der Waals surface area contributed by atoms with Crippen LogP contribution in [0.25, 0.3) is 11.3 Å². The zero-order valence-electron chi connectivity index (χ0n) is 15.5. The lowest BCUT2D eigenvalue weighted by Crippen LogP contribution is -2.30. The molecule has 3 aromatic rings. The second-order valence-electron chi connectivity index (χ2n) is 6.42. The summed E-state index contributed by atoms with van der Waals surface area (Å²) >= 11 is 6.01. The van der Waals surface area contributed by atoms with Crippen molar-refractivity contribution in [3.8, 4) is 17.0 Å². The van der Waals surface area contributed by atoms with Crippen molar-refractivity contribution < 1.29 is 14.2 Å². The molecule has 1 unspecified atom stereocenters. The van der Waals surface area contributed by atoms with Crippen LogP contribution < -0.4 is 10.1 Å². The summed E-state index contributed by atoms with van der Waals surface area (Å²) in [4.78, 5) is 12.5. The van der Waals surface area contributed by atoms with E-state index in [1.54, 1.807) is 25.1 Å². The van der Waals surface area contributed by atoms with Crippen LogP contribution >= 0.6 is 11.6 Å². The number of carbonyl (C=O) groups is 1. The Morgan fingerprint density at radius 3 is 2.56 bits per heavy atom. The van der Waals surface area contributed by atoms with Crippen LogP contribution in [0.5, 0.6) is 5.75 Å². The maximum Gasteiger partial charge on any atom is 0.266 e. The molecule has 3 rings (SSSR count). The van der Waals surface area contributed by atoms with Gasteiger partial charge in [-0.2, -0.15) is 0 Å². The number of carbonyl (C=O) groups excluding carboxylic acids is 1. The van der Waals surface area contributed by atoms with Gasteiger partial charge in [0.15, 0.2) is 11.8 Å². The fraction of sp³-hybridized carbons (Fsp3) is 0.250. The number of rotatable bonds is 5. The molecule has 0 fully saturated rings. The van der Waals surface area contributed by atoms with E-state index in [0.717, 1.165) is 16.7 Å². The maximum absolute atomic E-state index is 12.5. The second-order valence-corrected chi connectivity index (χ2v) is 6.83. The van der Waals surface area contributed by atoms with Crippen molar-refractivity contribution in [2.75, 3.05) is 5.32 Å². The minimum atomic E-state index is -0.741. The van der Waals surface area contributed by atoms with E-state index in [4.69, 9.17) is 21.0 Å². The Hall–Kier alpha value is -2.86. The van der Waals surface area contributed by atoms with Crippen LogP contribution in [0, 0.1) is 20.8 Å². The minimum Gasteiger partial charge on any atom is -0.481 e. The average molecular weight is 386 g/mol. The molecule has 0 bridgehead atoms. The summed E-state index contributed by atoms with van der Waals surface area (Å²) < 4.78 is 10.5. The molecule has 140 valence electrons. The Balaban J connectivity index is 1.73. The van der Waals surface area contributed by atoms with E-state index in [1.807, 2.05) is 39.0 Å². The fourth-order valence-corrected chi connectivity index (χ4v) is 2.63. The number of halogens is 1. The van der Waals surface area contributed by atoms with Crippen LogP contribution in [0.15, 0.2) is 41.0 Å². The van der Waals surface area contributed by atoms with Gasteiger partial charge in [-0.1, -0.05) is 23.7 Å². The number of ether oxygens (including phenoxy) is 1. The van der Waals surface area contributed by atoms with Crippen molar-refractivity contribution in [2.24, 2.45) is 0 Å². The molecule has 0 radical (unpaired) electrons. The van der Waals surface area contributed by atoms with Gasteiger partial charge < -0.3 is 10.1 Å². The first-order valence-electron chi connectivity index (χ1n) is 8.49. The lowest BCUT2D eigenvalue weighted by atomic mass is 10.0. The molecule has 0 saturated heterocycles. The topological polar surface area (TPSA) is 77.3 Å². The molecular weight excluding hydrogens is 366 g/mol. The number of nitrogens with zero attached hydrogens (tertiary/aromatic N) is 2. The quantitative estimate of drug-likeness (QED) is 0.687. The first kappa shape index (κ1) is 18.9. The molecule has 2 aromatic carbocycles. The number of hydrogen-bond donors (Lipinski definition) is 1. The molecule has 0 aliphatic rings. The summed E-state index contributed by atoms with van der Waals surface area (Å²) in [5, 5.41) is 11.1. The van der Waals surface area contributed by atoms with Crippen LogP contribution in [0.3, 0.4) is 0 Å². The van der Waals surface area contributed by atoms with E-state index in [9.17, 15) is 4.79 Å². The molecule has 1 heterocycles. The third-order valence-electron chi connectivity index (χ3n) is 4.32. The number of hydrogen-bond acceptors (Lipinski definition) is 5. The van der Waals surface area contributed by atoms with Gasteiger partial charge in [0.1, 0.15) is 5.75 Å². The number of aromatic nitrogens is 2. The van der Waals surface area contributed by atoms with Crippen LogP contribution in [0.4, 0.5) is 5.82 Å². The zero-order valence-corrected chi connectivity index (χ0v) is 16.3. The van der Waals surface area contributed by atoms with Crippen LogP contribution in [-0.4, -0.2) is 22.3 Å². The highest BCUT2D eigenvalue weighted by atomic mass is 35.5. The van der Waals surface area contributed by atoms with Crippen LogP contribution in [0.2, 0.25) is 5.02 Å². The first-order valence-corrected chi connectivity index (χ1v) is 8.87. The van der Waals surface area contributed by atoms with Gasteiger partial charge in [0, 0.05) is 10.6 Å². The van der Waals surface area contributed by atoms with Gasteiger partial charge in [-0.25, -0.2) is 4.63 Å². The van der Waals surface area contributed by atoms with Crippen molar-refractivity contribution in [3.05, 3.63) is 58.1 Å². The lowest BCUT2D eigenvalue weighted by Gasteiger charge is -2.14. The summed E-state index contributed by atoms with van der Waals surface area (Å²) in [5.74, 6) is 0.460. The molecule has 7 heteroatoms. The van der Waals surface area contributed by atoms with Gasteiger partial charge in [-0.15, -0.1) is 0 Å². The largest absolute Gasteiger partial charge is 0.481 e. The third-order valence-corrected chi connectivity index (χ3v) is 4.75. The molecule has 1 N–H and O–H groups in total. The summed E-state index contributed by atoms with van der Waals surface area (Å²) in [5.41, 5.74) is 4.45. The van der Waals surface area contributed by atoms with E-state index in [2.05, 4.69) is 15.6 Å². The third kappa shape index (κ3) is 4.28. The SMILES string of the molecule is Cc1ccc(-c2nonc2NC(=O)C(C)Oc2ccc(Cl)c(C)c2)cc1C. The summed E-state index contributed by atoms with van der Waals surface area (Å²) in [6.07, 6.45) is -0.741. The van der Waals surface area contributed by atoms with Crippen molar-refractivity contribution in [2.45, 2.75) is 33.8 Å². The summed E-state index contributed by atoms with van der Waals surface area (Å²) in [6, 6.07) is 11.1. The number of aryl methyl sites for hydroxylation is 3. The average Bonchev–Trinajstić information content (AvgIpc) is 3.08. The summed E-state index contributed by atoms with van der Waals surface area (Å²) in [7, 11) is 0. The van der Waals surface area contributed by atoms with Gasteiger partial charge in [-0.3, -0.25) is 4.79 Å².